The van der Waals surface area contributed by atoms with E-state index in [2.05, 4.69) is 25.7 Å². The molecule has 1 aromatic rings. The molecule has 0 radical (unpaired) electrons. The van der Waals surface area contributed by atoms with Crippen LogP contribution in [0.25, 0.3) is 0 Å². The molecule has 0 aliphatic carbocycles. The van der Waals surface area contributed by atoms with Crippen LogP contribution in [0.3, 0.4) is 0 Å². The van der Waals surface area contributed by atoms with Crippen LogP contribution in [0.1, 0.15) is 59.3 Å². The summed E-state index contributed by atoms with van der Waals surface area (Å²) in [7, 11) is 0. The fourth-order valence-corrected chi connectivity index (χ4v) is 13.4. The number of anilines is 1. The van der Waals surface area contributed by atoms with Crippen LogP contribution in [-0.4, -0.2) is 60.1 Å². The largest absolute Gasteiger partial charge is 0.411 e. The summed E-state index contributed by atoms with van der Waals surface area (Å²) in [4.78, 5) is 14.3. The first-order valence-electron chi connectivity index (χ1n) is 11.7. The number of piperazine rings is 1. The van der Waals surface area contributed by atoms with E-state index in [0.29, 0.717) is 4.32 Å². The number of hydrogen-bond acceptors (Lipinski definition) is 5. The number of nitrogens with zero attached hydrogens (tertiary/aromatic N) is 3. The minimum absolute atomic E-state index is 0.115. The van der Waals surface area contributed by atoms with Crippen molar-refractivity contribution >= 4 is 60.3 Å². The summed E-state index contributed by atoms with van der Waals surface area (Å²) in [5, 5.41) is 10.6. The summed E-state index contributed by atoms with van der Waals surface area (Å²) >= 11 is 9.09. The number of thiocarbonyl (C=S) groups is 1. The minimum atomic E-state index is -0.839. The Morgan fingerprint density at radius 1 is 0.968 bits per heavy atom. The van der Waals surface area contributed by atoms with E-state index < -0.39 is 24.7 Å². The second-order valence-electron chi connectivity index (χ2n) is 8.07. The SMILES string of the molecule is CCC[CH2][Sn+]([CH2]CCC)[CH2]CCC.O=[N+]([O-])c1ccc(N2CCN(C(=S)[S-])CC2)cc1. The fraction of sp³-hybridized carbons (Fsp3) is 0.696. The number of unbranched alkanes of at least 4 members (excludes halogenated alkanes) is 3. The van der Waals surface area contributed by atoms with Crippen LogP contribution in [0.4, 0.5) is 11.4 Å². The van der Waals surface area contributed by atoms with E-state index in [9.17, 15) is 10.1 Å². The topological polar surface area (TPSA) is 49.6 Å². The molecule has 31 heavy (non-hydrogen) atoms. The average Bonchev–Trinajstić information content (AvgIpc) is 2.79. The molecule has 0 N–H and O–H groups in total. The van der Waals surface area contributed by atoms with Gasteiger partial charge in [0.05, 0.1) is 4.92 Å². The second kappa shape index (κ2) is 16.9. The molecule has 0 unspecified atom stereocenters. The maximum absolute atomic E-state index is 10.6. The second-order valence-corrected chi connectivity index (χ2v) is 17.7. The van der Waals surface area contributed by atoms with Gasteiger partial charge in [0.1, 0.15) is 0 Å². The molecule has 0 amide bonds. The van der Waals surface area contributed by atoms with Crippen LogP contribution in [0.2, 0.25) is 13.3 Å². The van der Waals surface area contributed by atoms with Crippen LogP contribution < -0.4 is 4.90 Å². The summed E-state index contributed by atoms with van der Waals surface area (Å²) < 4.78 is 5.55. The van der Waals surface area contributed by atoms with Gasteiger partial charge < -0.3 is 34.6 Å². The molecule has 0 aromatic heterocycles. The first kappa shape index (κ1) is 28.4. The van der Waals surface area contributed by atoms with E-state index in [0.717, 1.165) is 31.9 Å². The van der Waals surface area contributed by atoms with Gasteiger partial charge in [0.2, 0.25) is 0 Å². The molecule has 174 valence electrons. The smallest absolute Gasteiger partial charge is 0.269 e. The Bertz CT molecular complexity index is 619. The summed E-state index contributed by atoms with van der Waals surface area (Å²) in [5.41, 5.74) is 1.11. The van der Waals surface area contributed by atoms with Crippen molar-refractivity contribution in [1.82, 2.24) is 4.90 Å². The molecule has 1 aromatic carbocycles. The van der Waals surface area contributed by atoms with E-state index in [1.807, 2.05) is 4.90 Å². The van der Waals surface area contributed by atoms with Gasteiger partial charge in [-0.2, -0.15) is 0 Å². The maximum atomic E-state index is 10.6. The Morgan fingerprint density at radius 3 is 1.77 bits per heavy atom. The normalized spacial score (nSPS) is 13.4. The molecule has 1 saturated heterocycles. The van der Waals surface area contributed by atoms with E-state index in [1.54, 1.807) is 25.4 Å². The summed E-state index contributed by atoms with van der Waals surface area (Å²) in [6, 6.07) is 6.61. The summed E-state index contributed by atoms with van der Waals surface area (Å²) in [6.45, 7) is 10.3. The van der Waals surface area contributed by atoms with Crippen molar-refractivity contribution in [2.45, 2.75) is 72.6 Å². The quantitative estimate of drug-likeness (QED) is 0.100. The van der Waals surface area contributed by atoms with E-state index >= 15 is 0 Å². The van der Waals surface area contributed by atoms with Crippen LogP contribution in [0.5, 0.6) is 0 Å². The van der Waals surface area contributed by atoms with Gasteiger partial charge in [0, 0.05) is 44.0 Å². The predicted octanol–water partition coefficient (Wildman–Crippen LogP) is 6.43. The van der Waals surface area contributed by atoms with Gasteiger partial charge in [-0.3, -0.25) is 10.1 Å². The molecule has 8 heteroatoms. The zero-order chi connectivity index (χ0) is 23.1. The fourth-order valence-electron chi connectivity index (χ4n) is 3.59. The van der Waals surface area contributed by atoms with Crippen molar-refractivity contribution in [2.24, 2.45) is 0 Å². The third-order valence-electron chi connectivity index (χ3n) is 5.62. The maximum Gasteiger partial charge on any atom is 0.269 e. The number of hydrogen-bond donors (Lipinski definition) is 0. The molecule has 5 nitrogen and oxygen atoms in total. The minimum Gasteiger partial charge on any atom is -0.411 e. The Kier molecular flexibility index (Phi) is 15.5. The number of non-ortho nitro benzene ring substituents is 1. The first-order valence-corrected chi connectivity index (χ1v) is 18.6. The molecule has 1 fully saturated rings. The number of benzene rings is 1. The van der Waals surface area contributed by atoms with Gasteiger partial charge in [0.25, 0.3) is 5.69 Å². The zero-order valence-electron chi connectivity index (χ0n) is 19.5. The van der Waals surface area contributed by atoms with E-state index in [-0.39, 0.29) is 5.69 Å². The van der Waals surface area contributed by atoms with Crippen LogP contribution in [0, 0.1) is 10.1 Å². The van der Waals surface area contributed by atoms with Gasteiger partial charge in [-0.1, -0.05) is 4.32 Å². The zero-order valence-corrected chi connectivity index (χ0v) is 24.0. The van der Waals surface area contributed by atoms with E-state index in [1.165, 1.54) is 50.7 Å². The van der Waals surface area contributed by atoms with Gasteiger partial charge in [0.15, 0.2) is 0 Å². The summed E-state index contributed by atoms with van der Waals surface area (Å²) in [6.07, 6.45) is 8.85. The molecular formula is C23H39N3O2S2Sn. The number of rotatable bonds is 11. The monoisotopic (exact) mass is 573 g/mol. The molecule has 1 aliphatic rings. The Balaban J connectivity index is 0.000000330. The van der Waals surface area contributed by atoms with Crippen LogP contribution in [0.15, 0.2) is 24.3 Å². The van der Waals surface area contributed by atoms with Crippen molar-refractivity contribution in [2.75, 3.05) is 31.1 Å². The predicted molar refractivity (Wildman–Crippen MR) is 142 cm³/mol. The standard InChI is InChI=1S/C11H13N3O2S2.3C4H9.Sn/c15-14(16)10-3-1-9(2-4-10)12-5-7-13(8-6-12)11(17)18;3*1-3-4-2;/h1-4H,5-8H2,(H,17,18);3*1,3-4H2,2H3;/q;;;;+1/p-1. The van der Waals surface area contributed by atoms with Crippen molar-refractivity contribution < 1.29 is 4.92 Å². The van der Waals surface area contributed by atoms with Crippen LogP contribution >= 0.6 is 12.2 Å². The van der Waals surface area contributed by atoms with Crippen molar-refractivity contribution in [3.63, 3.8) is 0 Å². The van der Waals surface area contributed by atoms with Gasteiger partial charge in [-0.25, -0.2) is 0 Å². The van der Waals surface area contributed by atoms with Gasteiger partial charge in [-0.05, 0) is 12.1 Å². The Labute approximate surface area is 207 Å². The van der Waals surface area contributed by atoms with Gasteiger partial charge >= 0.3 is 92.4 Å². The molecule has 1 heterocycles. The summed E-state index contributed by atoms with van der Waals surface area (Å²) in [5.74, 6) is 0. The van der Waals surface area contributed by atoms with Crippen molar-refractivity contribution in [3.05, 3.63) is 34.4 Å². The van der Waals surface area contributed by atoms with Crippen molar-refractivity contribution in [1.29, 1.82) is 0 Å². The Morgan fingerprint density at radius 2 is 1.42 bits per heavy atom. The van der Waals surface area contributed by atoms with E-state index in [4.69, 9.17) is 24.8 Å². The van der Waals surface area contributed by atoms with Gasteiger partial charge in [-0.15, -0.1) is 0 Å². The van der Waals surface area contributed by atoms with Crippen LogP contribution in [-0.2, 0) is 12.6 Å². The molecule has 2 rings (SSSR count). The molecule has 1 aliphatic heterocycles. The Hall–Kier alpha value is -0.671. The first-order chi connectivity index (χ1) is 14.9. The molecule has 0 atom stereocenters. The van der Waals surface area contributed by atoms with Crippen molar-refractivity contribution in [3.8, 4) is 0 Å². The molecule has 0 spiro atoms. The number of nitro benzene ring substituents is 1. The third kappa shape index (κ3) is 11.7. The number of nitro groups is 1. The average molecular weight is 572 g/mol. The molecular weight excluding hydrogens is 533 g/mol. The molecule has 0 saturated carbocycles. The molecule has 0 bridgehead atoms. The third-order valence-corrected chi connectivity index (χ3v) is 15.2.